The quantitative estimate of drug-likeness (QED) is 0.351. The normalized spacial score (nSPS) is 16.2. The van der Waals surface area contributed by atoms with E-state index in [4.69, 9.17) is 44.0 Å². The zero-order valence-electron chi connectivity index (χ0n) is 23.4. The summed E-state index contributed by atoms with van der Waals surface area (Å²) in [5, 5.41) is 9.61. The number of methoxy groups -OCH3 is 1. The Kier molecular flexibility index (Phi) is 9.46. The predicted octanol–water partition coefficient (Wildman–Crippen LogP) is 1.27. The number of rotatable bonds is 7. The van der Waals surface area contributed by atoms with E-state index in [0.29, 0.717) is 35.2 Å². The number of alkyl halides is 3. The summed E-state index contributed by atoms with van der Waals surface area (Å²) < 4.78 is 48.3. The molecule has 1 saturated heterocycles. The molecule has 1 fully saturated rings. The van der Waals surface area contributed by atoms with Gasteiger partial charge in [0.15, 0.2) is 0 Å². The maximum Gasteiger partial charge on any atom is 0.417 e. The van der Waals surface area contributed by atoms with Gasteiger partial charge in [-0.05, 0) is 66.3 Å². The first-order valence-corrected chi connectivity index (χ1v) is 13.3. The van der Waals surface area contributed by atoms with Gasteiger partial charge >= 0.3 is 12.1 Å². The Hall–Kier alpha value is -3.26. The molecular weight excluding hydrogens is 533 g/mol. The van der Waals surface area contributed by atoms with Gasteiger partial charge in [0, 0.05) is 12.1 Å². The van der Waals surface area contributed by atoms with E-state index in [1.807, 2.05) is 0 Å². The van der Waals surface area contributed by atoms with Crippen LogP contribution in [0.15, 0.2) is 30.3 Å². The molecule has 3 aromatic carbocycles. The highest BCUT2D eigenvalue weighted by Crippen LogP contribution is 2.38. The van der Waals surface area contributed by atoms with Gasteiger partial charge in [-0.1, -0.05) is 47.7 Å². The van der Waals surface area contributed by atoms with Gasteiger partial charge in [0.2, 0.25) is 0 Å². The fourth-order valence-electron chi connectivity index (χ4n) is 5.44. The van der Waals surface area contributed by atoms with Crippen LogP contribution in [0.25, 0.3) is 23.3 Å². The van der Waals surface area contributed by atoms with E-state index in [2.05, 4.69) is 0 Å². The third-order valence-electron chi connectivity index (χ3n) is 7.82. The largest absolute Gasteiger partial charge is 0.496 e. The van der Waals surface area contributed by atoms with E-state index in [1.165, 1.54) is 19.3 Å². The Morgan fingerprint density at radius 1 is 1.00 bits per heavy atom. The first-order chi connectivity index (χ1) is 19.8. The number of piperidine rings is 1. The van der Waals surface area contributed by atoms with Crippen molar-refractivity contribution in [2.24, 2.45) is 0 Å². The number of ether oxygens (including phenoxy) is 1. The van der Waals surface area contributed by atoms with Crippen molar-refractivity contribution in [2.75, 3.05) is 13.7 Å². The highest BCUT2D eigenvalue weighted by Gasteiger charge is 2.35. The van der Waals surface area contributed by atoms with Crippen LogP contribution in [-0.4, -0.2) is 74.9 Å². The second-order valence-corrected chi connectivity index (χ2v) is 10.4. The molecule has 1 aliphatic rings. The van der Waals surface area contributed by atoms with Gasteiger partial charge < -0.3 is 9.84 Å². The lowest BCUT2D eigenvalue weighted by molar-refractivity contribution is -0.145. The summed E-state index contributed by atoms with van der Waals surface area (Å²) in [6.07, 6.45) is 0.208. The van der Waals surface area contributed by atoms with Crippen LogP contribution in [0.3, 0.4) is 0 Å². The van der Waals surface area contributed by atoms with Crippen LogP contribution in [0.1, 0.15) is 47.1 Å². The fourth-order valence-corrected chi connectivity index (χ4v) is 5.44. The van der Waals surface area contributed by atoms with Crippen molar-refractivity contribution in [3.8, 4) is 16.9 Å². The van der Waals surface area contributed by atoms with Gasteiger partial charge in [0.1, 0.15) is 51.0 Å². The van der Waals surface area contributed by atoms with Crippen LogP contribution in [0.5, 0.6) is 5.75 Å². The summed E-state index contributed by atoms with van der Waals surface area (Å²) in [4.78, 5) is 13.4. The highest BCUT2D eigenvalue weighted by molar-refractivity contribution is 6.68. The molecule has 204 valence electrons. The zero-order valence-corrected chi connectivity index (χ0v) is 23.4. The number of likely N-dealkylation sites (tertiary alicyclic amines) is 1. The summed E-state index contributed by atoms with van der Waals surface area (Å²) in [7, 11) is 31.9. The SMILES string of the molecule is [B]c1c([B])c([B])c(-c2cccc(/C=C/c3cc(OC)c(CN4CCCC[C@H]4C(=O)O)cc3C(F)(F)F)c2C)c([B])c1[B]. The first kappa shape index (κ1) is 31.7. The molecule has 0 amide bonds. The molecule has 10 radical (unpaired) electrons. The summed E-state index contributed by atoms with van der Waals surface area (Å²) in [5.41, 5.74) is 2.15. The third-order valence-corrected chi connectivity index (χ3v) is 7.82. The van der Waals surface area contributed by atoms with E-state index in [1.54, 1.807) is 36.1 Å². The maximum absolute atomic E-state index is 14.3. The smallest absolute Gasteiger partial charge is 0.417 e. The lowest BCUT2D eigenvalue weighted by atomic mass is 9.59. The first-order valence-electron chi connectivity index (χ1n) is 13.3. The van der Waals surface area contributed by atoms with E-state index in [-0.39, 0.29) is 50.7 Å². The summed E-state index contributed by atoms with van der Waals surface area (Å²) in [5.74, 6) is -0.758. The molecule has 1 atom stereocenters. The average Bonchev–Trinajstić information content (AvgIpc) is 2.95. The van der Waals surface area contributed by atoms with Crippen LogP contribution in [-0.2, 0) is 17.5 Å². The summed E-state index contributed by atoms with van der Waals surface area (Å²) >= 11 is 0. The molecule has 12 heteroatoms. The Morgan fingerprint density at radius 2 is 1.62 bits per heavy atom. The van der Waals surface area contributed by atoms with Gasteiger partial charge in [-0.15, -0.1) is 16.4 Å². The summed E-state index contributed by atoms with van der Waals surface area (Å²) in [6.45, 7) is 2.27. The zero-order chi connectivity index (χ0) is 30.9. The molecule has 42 heavy (non-hydrogen) atoms. The topological polar surface area (TPSA) is 49.8 Å². The number of aliphatic carboxylic acids is 1. The van der Waals surface area contributed by atoms with Crippen LogP contribution in [0.4, 0.5) is 13.2 Å². The van der Waals surface area contributed by atoms with E-state index in [9.17, 15) is 23.1 Å². The minimum absolute atomic E-state index is 0.0189. The molecule has 4 rings (SSSR count). The van der Waals surface area contributed by atoms with Gasteiger partial charge in [0.05, 0.1) is 12.7 Å². The molecule has 4 nitrogen and oxygen atoms in total. The van der Waals surface area contributed by atoms with Gasteiger partial charge in [-0.2, -0.15) is 13.2 Å². The number of carboxylic acids is 1. The third kappa shape index (κ3) is 6.24. The number of nitrogens with zero attached hydrogens (tertiary/aromatic N) is 1. The fraction of sp³-hybridized carbons (Fsp3) is 0.300. The van der Waals surface area contributed by atoms with E-state index in [0.717, 1.165) is 18.9 Å². The monoisotopic (exact) mass is 559 g/mol. The number of carboxylic acid groups (broad SMARTS) is 1. The Morgan fingerprint density at radius 3 is 2.21 bits per heavy atom. The van der Waals surface area contributed by atoms with Crippen LogP contribution >= 0.6 is 0 Å². The molecule has 0 spiro atoms. The Balaban J connectivity index is 1.77. The van der Waals surface area contributed by atoms with Crippen LogP contribution in [0.2, 0.25) is 0 Å². The number of benzene rings is 3. The summed E-state index contributed by atoms with van der Waals surface area (Å²) in [6, 6.07) is 6.82. The van der Waals surface area contributed by atoms with Crippen molar-refractivity contribution in [1.82, 2.24) is 4.90 Å². The van der Waals surface area contributed by atoms with Crippen molar-refractivity contribution in [2.45, 2.75) is 44.9 Å². The van der Waals surface area contributed by atoms with Crippen molar-refractivity contribution in [3.63, 3.8) is 0 Å². The predicted molar refractivity (Wildman–Crippen MR) is 166 cm³/mol. The van der Waals surface area contributed by atoms with E-state index >= 15 is 0 Å². The molecule has 1 heterocycles. The molecule has 0 bridgehead atoms. The lowest BCUT2D eigenvalue weighted by Gasteiger charge is -2.33. The molecule has 0 aliphatic carbocycles. The molecular formula is C30H25B5F3NO3. The number of carbonyl (C=O) groups is 1. The van der Waals surface area contributed by atoms with Crippen molar-refractivity contribution < 1.29 is 27.8 Å². The highest BCUT2D eigenvalue weighted by atomic mass is 19.4. The standard InChI is InChI=1S/C30H25B5F3NO3/c1-15-16(6-5-7-19(15)23-24(31)26(33)28(35)27(34)25(23)32)9-10-17-13-22(42-2)18(12-20(17)30(36,37)38)14-39-11-4-3-8-21(39)29(40)41/h5-7,9-10,12-13,21H,3-4,8,11,14H2,1-2H3,(H,40,41)/b10-9+/t21-/m0/s1. The molecule has 0 saturated carbocycles. The molecule has 3 aromatic rings. The van der Waals surface area contributed by atoms with Gasteiger partial charge in [-0.3, -0.25) is 9.69 Å². The Labute approximate surface area is 250 Å². The van der Waals surface area contributed by atoms with Crippen molar-refractivity contribution in [1.29, 1.82) is 0 Å². The van der Waals surface area contributed by atoms with Crippen molar-refractivity contribution in [3.05, 3.63) is 58.1 Å². The number of halogens is 3. The molecule has 1 aliphatic heterocycles. The average molecular weight is 559 g/mol. The number of hydrogen-bond acceptors (Lipinski definition) is 3. The second-order valence-electron chi connectivity index (χ2n) is 10.4. The lowest BCUT2D eigenvalue weighted by Crippen LogP contribution is -2.55. The molecule has 0 aromatic heterocycles. The van der Waals surface area contributed by atoms with Crippen LogP contribution in [0, 0.1) is 6.92 Å². The minimum atomic E-state index is -4.67. The maximum atomic E-state index is 14.3. The minimum Gasteiger partial charge on any atom is -0.496 e. The van der Waals surface area contributed by atoms with Gasteiger partial charge in [-0.25, -0.2) is 0 Å². The second kappa shape index (κ2) is 12.5. The van der Waals surface area contributed by atoms with Gasteiger partial charge in [0.25, 0.3) is 0 Å². The van der Waals surface area contributed by atoms with E-state index < -0.39 is 23.8 Å². The molecule has 0 unspecified atom stereocenters. The number of hydrogen-bond donors (Lipinski definition) is 1. The van der Waals surface area contributed by atoms with Crippen LogP contribution < -0.4 is 32.1 Å². The Bertz CT molecular complexity index is 1530. The molecule has 1 N–H and O–H groups in total. The van der Waals surface area contributed by atoms with Crippen molar-refractivity contribution >= 4 is 84.7 Å².